The standard InChI is InChI=1S/C27H22FN3O2/c1-16-8-13-22-21(14-16)25(19-6-4-3-5-7-19)26(27(33)29-22)23-15-24(31(30-23)17(2)32)18-9-11-20(28)12-10-18/h3-14,24H,15H2,1-2H3,(H,29,33)/t24-/m1/s1. The molecule has 1 N–H and O–H groups in total. The van der Waals surface area contributed by atoms with Crippen molar-refractivity contribution in [1.29, 1.82) is 0 Å². The van der Waals surface area contributed by atoms with Gasteiger partial charge < -0.3 is 4.98 Å². The van der Waals surface area contributed by atoms with E-state index in [2.05, 4.69) is 10.1 Å². The molecule has 0 radical (unpaired) electrons. The van der Waals surface area contributed by atoms with E-state index < -0.39 is 6.04 Å². The topological polar surface area (TPSA) is 65.5 Å². The van der Waals surface area contributed by atoms with Crippen LogP contribution in [-0.4, -0.2) is 21.6 Å². The molecule has 5 nitrogen and oxygen atoms in total. The summed E-state index contributed by atoms with van der Waals surface area (Å²) in [7, 11) is 0. The number of halogens is 1. The number of carbonyl (C=O) groups excluding carboxylic acids is 1. The molecule has 2 heterocycles. The number of aromatic nitrogens is 1. The number of amides is 1. The van der Waals surface area contributed by atoms with Crippen molar-refractivity contribution in [1.82, 2.24) is 9.99 Å². The zero-order valence-corrected chi connectivity index (χ0v) is 18.3. The number of hydrogen-bond donors (Lipinski definition) is 1. The zero-order valence-electron chi connectivity index (χ0n) is 18.3. The van der Waals surface area contributed by atoms with Gasteiger partial charge in [-0.1, -0.05) is 54.1 Å². The molecule has 33 heavy (non-hydrogen) atoms. The molecular weight excluding hydrogens is 417 g/mol. The third-order valence-electron chi connectivity index (χ3n) is 6.01. The number of fused-ring (bicyclic) bond motifs is 1. The number of benzene rings is 3. The molecule has 0 saturated carbocycles. The van der Waals surface area contributed by atoms with Crippen LogP contribution in [0.15, 0.2) is 82.7 Å². The molecule has 0 saturated heterocycles. The second-order valence-corrected chi connectivity index (χ2v) is 8.30. The number of carbonyl (C=O) groups is 1. The minimum Gasteiger partial charge on any atom is -0.321 e. The summed E-state index contributed by atoms with van der Waals surface area (Å²) in [4.78, 5) is 28.8. The van der Waals surface area contributed by atoms with Gasteiger partial charge in [0.1, 0.15) is 5.82 Å². The van der Waals surface area contributed by atoms with Crippen LogP contribution in [0.25, 0.3) is 22.0 Å². The Morgan fingerprint density at radius 2 is 1.76 bits per heavy atom. The molecule has 0 bridgehead atoms. The maximum Gasteiger partial charge on any atom is 0.258 e. The summed E-state index contributed by atoms with van der Waals surface area (Å²) in [5, 5.41) is 6.90. The van der Waals surface area contributed by atoms with Gasteiger partial charge in [-0.3, -0.25) is 9.59 Å². The van der Waals surface area contributed by atoms with E-state index >= 15 is 0 Å². The number of hydrazone groups is 1. The Morgan fingerprint density at radius 1 is 1.03 bits per heavy atom. The minimum atomic E-state index is -0.408. The zero-order chi connectivity index (χ0) is 23.1. The molecule has 1 aromatic heterocycles. The normalized spacial score (nSPS) is 15.7. The van der Waals surface area contributed by atoms with Crippen LogP contribution in [0.1, 0.15) is 36.1 Å². The average Bonchev–Trinajstić information content (AvgIpc) is 3.25. The first-order valence-corrected chi connectivity index (χ1v) is 10.8. The lowest BCUT2D eigenvalue weighted by molar-refractivity contribution is -0.130. The number of H-pyrrole nitrogens is 1. The molecule has 1 aliphatic rings. The fraction of sp³-hybridized carbons (Fsp3) is 0.148. The molecule has 4 aromatic rings. The van der Waals surface area contributed by atoms with Gasteiger partial charge in [-0.25, -0.2) is 9.40 Å². The summed E-state index contributed by atoms with van der Waals surface area (Å²) >= 11 is 0. The fourth-order valence-electron chi connectivity index (χ4n) is 4.48. The lowest BCUT2D eigenvalue weighted by Crippen LogP contribution is -2.24. The van der Waals surface area contributed by atoms with Crippen molar-refractivity contribution in [2.75, 3.05) is 0 Å². The maximum atomic E-state index is 13.5. The Balaban J connectivity index is 1.74. The lowest BCUT2D eigenvalue weighted by Gasteiger charge is -2.20. The first kappa shape index (κ1) is 20.8. The summed E-state index contributed by atoms with van der Waals surface area (Å²) in [5.74, 6) is -0.589. The van der Waals surface area contributed by atoms with Crippen molar-refractivity contribution in [2.24, 2.45) is 5.10 Å². The number of nitrogens with zero attached hydrogens (tertiary/aromatic N) is 2. The van der Waals surface area contributed by atoms with Crippen LogP contribution in [0, 0.1) is 12.7 Å². The van der Waals surface area contributed by atoms with E-state index in [-0.39, 0.29) is 17.3 Å². The van der Waals surface area contributed by atoms with E-state index in [0.29, 0.717) is 17.7 Å². The molecule has 1 atom stereocenters. The summed E-state index contributed by atoms with van der Waals surface area (Å²) < 4.78 is 13.5. The van der Waals surface area contributed by atoms with Crippen LogP contribution < -0.4 is 5.56 Å². The summed E-state index contributed by atoms with van der Waals surface area (Å²) in [5.41, 5.74) is 4.99. The molecule has 0 unspecified atom stereocenters. The number of hydrogen-bond acceptors (Lipinski definition) is 3. The van der Waals surface area contributed by atoms with Crippen LogP contribution >= 0.6 is 0 Å². The third kappa shape index (κ3) is 3.74. The largest absolute Gasteiger partial charge is 0.321 e. The smallest absolute Gasteiger partial charge is 0.258 e. The molecule has 6 heteroatoms. The summed E-state index contributed by atoms with van der Waals surface area (Å²) in [6.45, 7) is 3.45. The highest BCUT2D eigenvalue weighted by atomic mass is 19.1. The van der Waals surface area contributed by atoms with Crippen molar-refractivity contribution in [2.45, 2.75) is 26.3 Å². The van der Waals surface area contributed by atoms with E-state index in [9.17, 15) is 14.0 Å². The van der Waals surface area contributed by atoms with Gasteiger partial charge in [-0.15, -0.1) is 0 Å². The average molecular weight is 439 g/mol. The number of aromatic amines is 1. The Hall–Kier alpha value is -4.06. The number of nitrogens with one attached hydrogen (secondary N) is 1. The van der Waals surface area contributed by atoms with Gasteiger partial charge in [0.15, 0.2) is 0 Å². The Labute approximate surface area is 190 Å². The highest BCUT2D eigenvalue weighted by Gasteiger charge is 2.34. The van der Waals surface area contributed by atoms with E-state index in [1.54, 1.807) is 12.1 Å². The highest BCUT2D eigenvalue weighted by Crippen LogP contribution is 2.37. The molecule has 1 amide bonds. The van der Waals surface area contributed by atoms with E-state index in [0.717, 1.165) is 33.2 Å². The van der Waals surface area contributed by atoms with Gasteiger partial charge in [0.05, 0.1) is 17.3 Å². The SMILES string of the molecule is CC(=O)N1N=C(c2c(-c3ccccc3)c3cc(C)ccc3[nH]c2=O)C[C@@H]1c1ccc(F)cc1. The van der Waals surface area contributed by atoms with Gasteiger partial charge in [0.25, 0.3) is 5.56 Å². The summed E-state index contributed by atoms with van der Waals surface area (Å²) in [6.07, 6.45) is 0.353. The van der Waals surface area contributed by atoms with Crippen molar-refractivity contribution in [3.63, 3.8) is 0 Å². The minimum absolute atomic E-state index is 0.242. The van der Waals surface area contributed by atoms with Crippen LogP contribution in [0.3, 0.4) is 0 Å². The molecule has 3 aromatic carbocycles. The van der Waals surface area contributed by atoms with Crippen molar-refractivity contribution in [3.8, 4) is 11.1 Å². The molecule has 0 spiro atoms. The molecule has 164 valence electrons. The van der Waals surface area contributed by atoms with Crippen molar-refractivity contribution < 1.29 is 9.18 Å². The van der Waals surface area contributed by atoms with Crippen LogP contribution in [0.2, 0.25) is 0 Å². The molecule has 1 aliphatic heterocycles. The quantitative estimate of drug-likeness (QED) is 0.468. The Morgan fingerprint density at radius 3 is 2.45 bits per heavy atom. The number of aryl methyl sites for hydroxylation is 1. The van der Waals surface area contributed by atoms with Gasteiger partial charge in [-0.05, 0) is 42.3 Å². The van der Waals surface area contributed by atoms with E-state index in [4.69, 9.17) is 0 Å². The molecular formula is C27H22FN3O2. The van der Waals surface area contributed by atoms with E-state index in [1.807, 2.05) is 55.5 Å². The monoisotopic (exact) mass is 439 g/mol. The van der Waals surface area contributed by atoms with E-state index in [1.165, 1.54) is 24.1 Å². The second-order valence-electron chi connectivity index (χ2n) is 8.30. The van der Waals surface area contributed by atoms with Crippen LogP contribution in [0.4, 0.5) is 4.39 Å². The predicted molar refractivity (Wildman–Crippen MR) is 128 cm³/mol. The van der Waals surface area contributed by atoms with Crippen LogP contribution in [0.5, 0.6) is 0 Å². The first-order chi connectivity index (χ1) is 15.9. The van der Waals surface area contributed by atoms with Crippen molar-refractivity contribution >= 4 is 22.5 Å². The number of rotatable bonds is 3. The van der Waals surface area contributed by atoms with Crippen molar-refractivity contribution in [3.05, 3.63) is 106 Å². The molecule has 0 fully saturated rings. The second kappa shape index (κ2) is 8.13. The Kier molecular flexibility index (Phi) is 5.13. The predicted octanol–water partition coefficient (Wildman–Crippen LogP) is 5.34. The maximum absolute atomic E-state index is 13.5. The third-order valence-corrected chi connectivity index (χ3v) is 6.01. The van der Waals surface area contributed by atoms with Gasteiger partial charge in [0.2, 0.25) is 5.91 Å². The van der Waals surface area contributed by atoms with Crippen LogP contribution in [-0.2, 0) is 4.79 Å². The molecule has 5 rings (SSSR count). The van der Waals surface area contributed by atoms with Gasteiger partial charge in [-0.2, -0.15) is 5.10 Å². The fourth-order valence-corrected chi connectivity index (χ4v) is 4.48. The number of pyridine rings is 1. The molecule has 0 aliphatic carbocycles. The highest BCUT2D eigenvalue weighted by molar-refractivity contribution is 6.12. The Bertz CT molecular complexity index is 1460. The first-order valence-electron chi connectivity index (χ1n) is 10.8. The van der Waals surface area contributed by atoms with Gasteiger partial charge in [0, 0.05) is 29.8 Å². The van der Waals surface area contributed by atoms with Gasteiger partial charge >= 0.3 is 0 Å². The summed E-state index contributed by atoms with van der Waals surface area (Å²) in [6, 6.07) is 21.3. The lowest BCUT2D eigenvalue weighted by atomic mass is 9.90.